The van der Waals surface area contributed by atoms with Crippen LogP contribution in [0, 0.1) is 11.8 Å². The van der Waals surface area contributed by atoms with Crippen LogP contribution in [-0.2, 0) is 0 Å². The van der Waals surface area contributed by atoms with Crippen molar-refractivity contribution < 1.29 is 20.4 Å². The predicted octanol–water partition coefficient (Wildman–Crippen LogP) is 0.768. The molecule has 0 saturated heterocycles. The third-order valence-electron chi connectivity index (χ3n) is 3.04. The molecule has 0 aliphatic carbocycles. The highest BCUT2D eigenvalue weighted by atomic mass is 16.3. The van der Waals surface area contributed by atoms with E-state index in [1.54, 1.807) is 27.7 Å². The maximum atomic E-state index is 8.83. The van der Waals surface area contributed by atoms with Gasteiger partial charge < -0.3 is 20.4 Å². The van der Waals surface area contributed by atoms with Crippen molar-refractivity contribution in [2.24, 2.45) is 11.8 Å². The maximum absolute atomic E-state index is 8.83. The molecule has 0 radical (unpaired) electrons. The fourth-order valence-electron chi connectivity index (χ4n) is 0.806. The Morgan fingerprint density at radius 3 is 0.562 bits per heavy atom. The van der Waals surface area contributed by atoms with Gasteiger partial charge in [0.1, 0.15) is 0 Å². The van der Waals surface area contributed by atoms with Gasteiger partial charge in [-0.05, 0) is 27.7 Å². The lowest BCUT2D eigenvalue weighted by molar-refractivity contribution is 0.0415. The minimum absolute atomic E-state index is 0.0185. The van der Waals surface area contributed by atoms with Gasteiger partial charge in [0.15, 0.2) is 0 Å². The molecule has 4 heteroatoms. The van der Waals surface area contributed by atoms with E-state index in [1.165, 1.54) is 0 Å². The molecule has 4 N–H and O–H groups in total. The van der Waals surface area contributed by atoms with Crippen LogP contribution in [0.3, 0.4) is 0 Å². The lowest BCUT2D eigenvalue weighted by atomic mass is 10.0. The van der Waals surface area contributed by atoms with Gasteiger partial charge in [-0.3, -0.25) is 0 Å². The van der Waals surface area contributed by atoms with E-state index in [9.17, 15) is 0 Å². The van der Waals surface area contributed by atoms with E-state index < -0.39 is 24.4 Å². The Morgan fingerprint density at radius 2 is 0.562 bits per heavy atom. The van der Waals surface area contributed by atoms with Crippen molar-refractivity contribution >= 4 is 0 Å². The minimum Gasteiger partial charge on any atom is -0.393 e. The molecule has 0 heterocycles. The molecule has 0 saturated carbocycles. The summed E-state index contributed by atoms with van der Waals surface area (Å²) in [7, 11) is 0. The highest BCUT2D eigenvalue weighted by Gasteiger charge is 2.13. The van der Waals surface area contributed by atoms with E-state index in [1.807, 2.05) is 13.8 Å². The van der Waals surface area contributed by atoms with Crippen molar-refractivity contribution in [3.8, 4) is 0 Å². The molecule has 0 fully saturated rings. The molecule has 0 aromatic rings. The molecule has 0 aromatic carbocycles. The average Bonchev–Trinajstić information content (AvgIpc) is 2.15. The number of hydrogen-bond acceptors (Lipinski definition) is 4. The highest BCUT2D eigenvalue weighted by Crippen LogP contribution is 2.06. The van der Waals surface area contributed by atoms with Crippen LogP contribution in [0.4, 0.5) is 0 Å². The minimum atomic E-state index is -0.407. The molecule has 0 aromatic heterocycles. The van der Waals surface area contributed by atoms with Crippen LogP contribution in [0.2, 0.25) is 0 Å². The van der Waals surface area contributed by atoms with Crippen LogP contribution < -0.4 is 0 Å². The third-order valence-corrected chi connectivity index (χ3v) is 3.04. The second-order valence-electron chi connectivity index (χ2n) is 4.68. The molecule has 0 bridgehead atoms. The normalized spacial score (nSPS) is 22.1. The van der Waals surface area contributed by atoms with Crippen LogP contribution in [0.15, 0.2) is 0 Å². The van der Waals surface area contributed by atoms with E-state index in [0.717, 1.165) is 0 Å². The van der Waals surface area contributed by atoms with Gasteiger partial charge in [-0.25, -0.2) is 0 Å². The van der Waals surface area contributed by atoms with E-state index in [2.05, 4.69) is 0 Å². The van der Waals surface area contributed by atoms with Gasteiger partial charge in [-0.2, -0.15) is 0 Å². The monoisotopic (exact) mass is 236 g/mol. The maximum Gasteiger partial charge on any atom is 0.0562 e. The summed E-state index contributed by atoms with van der Waals surface area (Å²) in [6, 6.07) is 0. The first-order chi connectivity index (χ1) is 7.11. The Bertz CT molecular complexity index is 121. The Balaban J connectivity index is 0. The lowest BCUT2D eigenvalue weighted by Crippen LogP contribution is -2.24. The van der Waals surface area contributed by atoms with E-state index in [4.69, 9.17) is 20.4 Å². The van der Waals surface area contributed by atoms with Gasteiger partial charge in [0.05, 0.1) is 24.4 Å². The van der Waals surface area contributed by atoms with Gasteiger partial charge in [0.25, 0.3) is 0 Å². The molecule has 4 unspecified atom stereocenters. The Morgan fingerprint density at radius 1 is 0.438 bits per heavy atom. The van der Waals surface area contributed by atoms with Crippen LogP contribution >= 0.6 is 0 Å². The Kier molecular flexibility index (Phi) is 10.2. The van der Waals surface area contributed by atoms with Crippen LogP contribution in [0.5, 0.6) is 0 Å². The largest absolute Gasteiger partial charge is 0.393 e. The molecule has 16 heavy (non-hydrogen) atoms. The van der Waals surface area contributed by atoms with Gasteiger partial charge in [0, 0.05) is 11.8 Å². The zero-order valence-electron chi connectivity index (χ0n) is 11.3. The summed E-state index contributed by atoms with van der Waals surface area (Å²) in [6.07, 6.45) is -1.63. The molecular weight excluding hydrogens is 208 g/mol. The summed E-state index contributed by atoms with van der Waals surface area (Å²) >= 11 is 0. The van der Waals surface area contributed by atoms with Crippen molar-refractivity contribution in [1.82, 2.24) is 0 Å². The topological polar surface area (TPSA) is 80.9 Å². The summed E-state index contributed by atoms with van der Waals surface area (Å²) in [5.41, 5.74) is 0. The summed E-state index contributed by atoms with van der Waals surface area (Å²) in [5, 5.41) is 35.3. The van der Waals surface area contributed by atoms with Crippen LogP contribution in [0.1, 0.15) is 41.5 Å². The lowest BCUT2D eigenvalue weighted by Gasteiger charge is -2.16. The Labute approximate surface area is 98.9 Å². The SMILES string of the molecule is CC(O)C(C)C(C)O.CC(O)C(C)C(C)O. The second kappa shape index (κ2) is 8.93. The van der Waals surface area contributed by atoms with Crippen molar-refractivity contribution in [3.63, 3.8) is 0 Å². The second-order valence-corrected chi connectivity index (χ2v) is 4.68. The highest BCUT2D eigenvalue weighted by molar-refractivity contribution is 4.64. The molecule has 0 aliphatic heterocycles. The number of rotatable bonds is 4. The third kappa shape index (κ3) is 9.09. The molecule has 0 aliphatic rings. The first-order valence-electron chi connectivity index (χ1n) is 5.83. The smallest absolute Gasteiger partial charge is 0.0562 e. The summed E-state index contributed by atoms with van der Waals surface area (Å²) < 4.78 is 0. The fraction of sp³-hybridized carbons (Fsp3) is 1.00. The van der Waals surface area contributed by atoms with Crippen molar-refractivity contribution in [3.05, 3.63) is 0 Å². The fourth-order valence-corrected chi connectivity index (χ4v) is 0.806. The molecule has 0 spiro atoms. The predicted molar refractivity (Wildman–Crippen MR) is 65.1 cm³/mol. The standard InChI is InChI=1S/2C6H14O2/c2*1-4(5(2)7)6(3)8/h2*4-8H,1-3H3. The van der Waals surface area contributed by atoms with Gasteiger partial charge in [0.2, 0.25) is 0 Å². The number of aliphatic hydroxyl groups excluding tert-OH is 4. The molecule has 0 amide bonds. The molecule has 4 atom stereocenters. The summed E-state index contributed by atoms with van der Waals surface area (Å²) in [5.74, 6) is -0.0370. The van der Waals surface area contributed by atoms with Crippen molar-refractivity contribution in [2.45, 2.75) is 66.0 Å². The molecule has 4 nitrogen and oxygen atoms in total. The Hall–Kier alpha value is -0.160. The van der Waals surface area contributed by atoms with Gasteiger partial charge in [-0.1, -0.05) is 13.8 Å². The van der Waals surface area contributed by atoms with Crippen molar-refractivity contribution in [1.29, 1.82) is 0 Å². The van der Waals surface area contributed by atoms with Gasteiger partial charge in [-0.15, -0.1) is 0 Å². The molecule has 100 valence electrons. The summed E-state index contributed by atoms with van der Waals surface area (Å²) in [4.78, 5) is 0. The van der Waals surface area contributed by atoms with E-state index in [0.29, 0.717) is 0 Å². The average molecular weight is 236 g/mol. The molecule has 0 rings (SSSR count). The zero-order valence-corrected chi connectivity index (χ0v) is 11.3. The quantitative estimate of drug-likeness (QED) is 0.581. The first kappa shape index (κ1) is 18.2. The van der Waals surface area contributed by atoms with Gasteiger partial charge >= 0.3 is 0 Å². The first-order valence-corrected chi connectivity index (χ1v) is 5.83. The van der Waals surface area contributed by atoms with E-state index in [-0.39, 0.29) is 11.8 Å². The van der Waals surface area contributed by atoms with Crippen molar-refractivity contribution in [2.75, 3.05) is 0 Å². The zero-order chi connectivity index (χ0) is 13.5. The number of aliphatic hydroxyl groups is 4. The van der Waals surface area contributed by atoms with E-state index >= 15 is 0 Å². The van der Waals surface area contributed by atoms with Crippen LogP contribution in [-0.4, -0.2) is 44.8 Å². The van der Waals surface area contributed by atoms with Crippen LogP contribution in [0.25, 0.3) is 0 Å². The number of hydrogen-bond donors (Lipinski definition) is 4. The molecular formula is C12H28O4. The summed E-state index contributed by atoms with van der Waals surface area (Å²) in [6.45, 7) is 10.3.